The van der Waals surface area contributed by atoms with E-state index < -0.39 is 4.92 Å². The quantitative estimate of drug-likeness (QED) is 0.615. The van der Waals surface area contributed by atoms with Crippen molar-refractivity contribution in [1.82, 2.24) is 0 Å². The summed E-state index contributed by atoms with van der Waals surface area (Å²) in [6, 6.07) is 16.0. The highest BCUT2D eigenvalue weighted by Crippen LogP contribution is 2.10. The van der Waals surface area contributed by atoms with Crippen LogP contribution in [0.4, 0.5) is 5.69 Å². The zero-order valence-corrected chi connectivity index (χ0v) is 9.35. The fourth-order valence-electron chi connectivity index (χ4n) is 1.09. The number of non-ortho nitro benzene ring substituents is 1. The van der Waals surface area contributed by atoms with Gasteiger partial charge in [0.05, 0.1) is 16.6 Å². The van der Waals surface area contributed by atoms with E-state index in [1.165, 1.54) is 24.3 Å². The molecule has 5 heteroatoms. The van der Waals surface area contributed by atoms with Crippen molar-refractivity contribution in [3.8, 4) is 11.8 Å². The van der Waals surface area contributed by atoms with Crippen LogP contribution >= 0.6 is 0 Å². The number of aromatic hydroxyl groups is 1. The van der Waals surface area contributed by atoms with E-state index >= 15 is 0 Å². The van der Waals surface area contributed by atoms with Gasteiger partial charge in [0, 0.05) is 12.1 Å². The topological polar surface area (TPSA) is 87.2 Å². The van der Waals surface area contributed by atoms with Crippen molar-refractivity contribution in [2.45, 2.75) is 0 Å². The summed E-state index contributed by atoms with van der Waals surface area (Å²) < 4.78 is 0. The molecule has 5 nitrogen and oxygen atoms in total. The van der Waals surface area contributed by atoms with Gasteiger partial charge in [-0.25, -0.2) is 0 Å². The second-order valence-electron chi connectivity index (χ2n) is 3.25. The maximum Gasteiger partial charge on any atom is 0.269 e. The first-order chi connectivity index (χ1) is 8.63. The molecule has 0 unspecified atom stereocenters. The molecule has 0 aliphatic carbocycles. The molecule has 2 aromatic carbocycles. The average Bonchev–Trinajstić information content (AvgIpc) is 2.40. The van der Waals surface area contributed by atoms with E-state index in [0.717, 1.165) is 0 Å². The Balaban J connectivity index is 0.000000199. The predicted octanol–water partition coefficient (Wildman–Crippen LogP) is 2.86. The van der Waals surface area contributed by atoms with Gasteiger partial charge in [-0.2, -0.15) is 5.26 Å². The lowest BCUT2D eigenvalue weighted by atomic mass is 10.2. The number of hydrogen-bond acceptors (Lipinski definition) is 4. The predicted molar refractivity (Wildman–Crippen MR) is 65.9 cm³/mol. The van der Waals surface area contributed by atoms with Crippen LogP contribution in [0.2, 0.25) is 0 Å². The van der Waals surface area contributed by atoms with E-state index in [1.54, 1.807) is 24.3 Å². The van der Waals surface area contributed by atoms with Crippen LogP contribution in [0.5, 0.6) is 5.75 Å². The smallest absolute Gasteiger partial charge is 0.269 e. The Morgan fingerprint density at radius 1 is 1.06 bits per heavy atom. The molecule has 0 saturated heterocycles. The van der Waals surface area contributed by atoms with E-state index in [9.17, 15) is 10.1 Å². The molecular formula is C13H10N2O3. The van der Waals surface area contributed by atoms with E-state index in [4.69, 9.17) is 10.4 Å². The first kappa shape index (κ1) is 13.2. The summed E-state index contributed by atoms with van der Waals surface area (Å²) in [6.45, 7) is 0. The Kier molecular flexibility index (Phi) is 4.88. The van der Waals surface area contributed by atoms with Gasteiger partial charge in [0.2, 0.25) is 0 Å². The Morgan fingerprint density at radius 2 is 1.61 bits per heavy atom. The molecule has 0 bridgehead atoms. The number of nitrogens with zero attached hydrogens (tertiary/aromatic N) is 2. The van der Waals surface area contributed by atoms with Crippen molar-refractivity contribution in [3.63, 3.8) is 0 Å². The molecule has 0 aromatic heterocycles. The normalized spacial score (nSPS) is 8.61. The standard InChI is InChI=1S/C7H4N2O2.C6H6O/c8-5-6-1-3-7(4-2-6)9(10)11;7-6-4-2-1-3-5-6/h1-4H;1-5,7H. The molecule has 0 radical (unpaired) electrons. The lowest BCUT2D eigenvalue weighted by Gasteiger charge is -1.88. The summed E-state index contributed by atoms with van der Waals surface area (Å²) >= 11 is 0. The van der Waals surface area contributed by atoms with Crippen LogP contribution < -0.4 is 0 Å². The van der Waals surface area contributed by atoms with Gasteiger partial charge in [0.15, 0.2) is 0 Å². The number of rotatable bonds is 1. The molecular weight excluding hydrogens is 232 g/mol. The van der Waals surface area contributed by atoms with Gasteiger partial charge < -0.3 is 5.11 Å². The maximum atomic E-state index is 10.1. The van der Waals surface area contributed by atoms with Crippen LogP contribution in [-0.2, 0) is 0 Å². The van der Waals surface area contributed by atoms with Crippen LogP contribution in [0.15, 0.2) is 54.6 Å². The van der Waals surface area contributed by atoms with Gasteiger partial charge >= 0.3 is 0 Å². The summed E-state index contributed by atoms with van der Waals surface area (Å²) in [5.74, 6) is 0.322. The minimum absolute atomic E-state index is 0.00370. The average molecular weight is 242 g/mol. The van der Waals surface area contributed by atoms with Gasteiger partial charge in [-0.3, -0.25) is 10.1 Å². The zero-order chi connectivity index (χ0) is 13.4. The molecule has 2 rings (SSSR count). The third kappa shape index (κ3) is 4.33. The Hall–Kier alpha value is -2.87. The van der Waals surface area contributed by atoms with Gasteiger partial charge in [-0.05, 0) is 24.3 Å². The molecule has 0 fully saturated rings. The van der Waals surface area contributed by atoms with Crippen molar-refractivity contribution < 1.29 is 10.0 Å². The number of hydrogen-bond donors (Lipinski definition) is 1. The second kappa shape index (κ2) is 6.66. The van der Waals surface area contributed by atoms with E-state index in [0.29, 0.717) is 11.3 Å². The second-order valence-corrected chi connectivity index (χ2v) is 3.25. The van der Waals surface area contributed by atoms with Crippen molar-refractivity contribution in [1.29, 1.82) is 5.26 Å². The Bertz CT molecular complexity index is 545. The van der Waals surface area contributed by atoms with Crippen molar-refractivity contribution in [2.24, 2.45) is 0 Å². The van der Waals surface area contributed by atoms with Crippen LogP contribution in [0.3, 0.4) is 0 Å². The third-order valence-electron chi connectivity index (χ3n) is 1.96. The van der Waals surface area contributed by atoms with Crippen molar-refractivity contribution in [3.05, 3.63) is 70.3 Å². The number of nitriles is 1. The minimum Gasteiger partial charge on any atom is -0.508 e. The summed E-state index contributed by atoms with van der Waals surface area (Å²) in [5, 5.41) is 27.1. The number of para-hydroxylation sites is 1. The maximum absolute atomic E-state index is 10.1. The lowest BCUT2D eigenvalue weighted by Crippen LogP contribution is -1.86. The van der Waals surface area contributed by atoms with Gasteiger partial charge in [0.25, 0.3) is 5.69 Å². The van der Waals surface area contributed by atoms with E-state index in [-0.39, 0.29) is 5.69 Å². The lowest BCUT2D eigenvalue weighted by molar-refractivity contribution is -0.384. The molecule has 0 aliphatic heterocycles. The zero-order valence-electron chi connectivity index (χ0n) is 9.35. The molecule has 1 N–H and O–H groups in total. The molecule has 0 atom stereocenters. The molecule has 0 heterocycles. The van der Waals surface area contributed by atoms with Gasteiger partial charge in [0.1, 0.15) is 5.75 Å². The summed E-state index contributed by atoms with van der Waals surface area (Å²) in [7, 11) is 0. The molecule has 2 aromatic rings. The van der Waals surface area contributed by atoms with E-state index in [1.807, 2.05) is 12.1 Å². The molecule has 0 amide bonds. The molecule has 0 saturated carbocycles. The highest BCUT2D eigenvalue weighted by molar-refractivity contribution is 5.38. The SMILES string of the molecule is N#Cc1ccc([N+](=O)[O-])cc1.Oc1ccccc1. The highest BCUT2D eigenvalue weighted by atomic mass is 16.6. The van der Waals surface area contributed by atoms with E-state index in [2.05, 4.69) is 0 Å². The summed E-state index contributed by atoms with van der Waals surface area (Å²) in [6.07, 6.45) is 0. The number of benzene rings is 2. The summed E-state index contributed by atoms with van der Waals surface area (Å²) in [4.78, 5) is 9.62. The number of nitro benzene ring substituents is 1. The van der Waals surface area contributed by atoms with Gasteiger partial charge in [-0.1, -0.05) is 18.2 Å². The Morgan fingerprint density at radius 3 is 1.94 bits per heavy atom. The first-order valence-electron chi connectivity index (χ1n) is 5.02. The highest BCUT2D eigenvalue weighted by Gasteiger charge is 2.02. The molecule has 90 valence electrons. The van der Waals surface area contributed by atoms with Crippen LogP contribution in [0, 0.1) is 21.4 Å². The molecule has 18 heavy (non-hydrogen) atoms. The Labute approximate surface area is 104 Å². The number of phenols is 1. The van der Waals surface area contributed by atoms with Crippen molar-refractivity contribution in [2.75, 3.05) is 0 Å². The fourth-order valence-corrected chi connectivity index (χ4v) is 1.09. The number of nitro groups is 1. The van der Waals surface area contributed by atoms with Crippen LogP contribution in [-0.4, -0.2) is 10.0 Å². The number of phenolic OH excluding ortho intramolecular Hbond substituents is 1. The third-order valence-corrected chi connectivity index (χ3v) is 1.96. The molecule has 0 aliphatic rings. The van der Waals surface area contributed by atoms with Gasteiger partial charge in [-0.15, -0.1) is 0 Å². The first-order valence-corrected chi connectivity index (χ1v) is 5.02. The summed E-state index contributed by atoms with van der Waals surface area (Å²) in [5.41, 5.74) is 0.430. The monoisotopic (exact) mass is 242 g/mol. The molecule has 0 spiro atoms. The van der Waals surface area contributed by atoms with Crippen molar-refractivity contribution >= 4 is 5.69 Å². The fraction of sp³-hybridized carbons (Fsp3) is 0. The van der Waals surface area contributed by atoms with Crippen LogP contribution in [0.25, 0.3) is 0 Å². The largest absolute Gasteiger partial charge is 0.508 e. The van der Waals surface area contributed by atoms with Crippen LogP contribution in [0.1, 0.15) is 5.56 Å². The minimum atomic E-state index is -0.499.